The summed E-state index contributed by atoms with van der Waals surface area (Å²) in [6, 6.07) is 17.7. The van der Waals surface area contributed by atoms with Gasteiger partial charge in [0.05, 0.1) is 0 Å². The van der Waals surface area contributed by atoms with Gasteiger partial charge in [0.15, 0.2) is 0 Å². The standard InChI is InChI=1S/C27H27N5O5/c1-16-29-24(32-37-16)23-12-13-28-25(31-23)36-21-10-6-18(7-11-21)27(2,3)17-4-8-20(9-5-17)35-22-14-19(15-22)30-26(33)34/h4-13,19,22,30H,14-15H2,1-3H3,(H,33,34). The minimum absolute atomic E-state index is 0.0297. The van der Waals surface area contributed by atoms with Crippen LogP contribution in [0, 0.1) is 6.92 Å². The molecule has 2 heterocycles. The minimum Gasteiger partial charge on any atom is -0.490 e. The van der Waals surface area contributed by atoms with E-state index in [1.54, 1.807) is 19.2 Å². The van der Waals surface area contributed by atoms with Gasteiger partial charge in [-0.3, -0.25) is 0 Å². The molecule has 0 unspecified atom stereocenters. The maximum absolute atomic E-state index is 10.7. The van der Waals surface area contributed by atoms with Gasteiger partial charge in [-0.1, -0.05) is 43.3 Å². The van der Waals surface area contributed by atoms with E-state index >= 15 is 0 Å². The van der Waals surface area contributed by atoms with E-state index in [1.165, 1.54) is 0 Å². The van der Waals surface area contributed by atoms with Gasteiger partial charge in [-0.25, -0.2) is 9.78 Å². The Bertz CT molecular complexity index is 1380. The van der Waals surface area contributed by atoms with Crippen LogP contribution in [0.25, 0.3) is 11.5 Å². The zero-order valence-corrected chi connectivity index (χ0v) is 20.7. The smallest absolute Gasteiger partial charge is 0.404 e. The Hall–Kier alpha value is -4.47. The summed E-state index contributed by atoms with van der Waals surface area (Å²) in [6.07, 6.45) is 1.99. The second kappa shape index (κ2) is 9.88. The third kappa shape index (κ3) is 5.53. The number of carbonyl (C=O) groups is 1. The Kier molecular flexibility index (Phi) is 6.47. The number of hydrogen-bond donors (Lipinski definition) is 2. The molecule has 1 aliphatic carbocycles. The summed E-state index contributed by atoms with van der Waals surface area (Å²) in [6.45, 7) is 6.03. The molecule has 1 saturated carbocycles. The fourth-order valence-electron chi connectivity index (χ4n) is 4.23. The summed E-state index contributed by atoms with van der Waals surface area (Å²) in [4.78, 5) is 23.4. The predicted molar refractivity (Wildman–Crippen MR) is 134 cm³/mol. The fraction of sp³-hybridized carbons (Fsp3) is 0.296. The first-order valence-electron chi connectivity index (χ1n) is 11.9. The molecule has 4 aromatic rings. The van der Waals surface area contributed by atoms with Gasteiger partial charge in [0, 0.05) is 37.4 Å². The van der Waals surface area contributed by atoms with Crippen molar-refractivity contribution >= 4 is 6.09 Å². The molecule has 0 aliphatic heterocycles. The van der Waals surface area contributed by atoms with Crippen molar-refractivity contribution in [2.75, 3.05) is 0 Å². The molecule has 1 aliphatic rings. The highest BCUT2D eigenvalue weighted by Crippen LogP contribution is 2.34. The van der Waals surface area contributed by atoms with Gasteiger partial charge in [-0.05, 0) is 41.5 Å². The summed E-state index contributed by atoms with van der Waals surface area (Å²) in [5.74, 6) is 2.23. The molecule has 2 aromatic carbocycles. The first kappa shape index (κ1) is 24.2. The number of hydrogen-bond acceptors (Lipinski definition) is 8. The molecule has 0 atom stereocenters. The first-order valence-corrected chi connectivity index (χ1v) is 11.9. The number of nitrogens with zero attached hydrogens (tertiary/aromatic N) is 4. The highest BCUT2D eigenvalue weighted by Gasteiger charge is 2.32. The molecule has 10 nitrogen and oxygen atoms in total. The maximum atomic E-state index is 10.7. The molecule has 37 heavy (non-hydrogen) atoms. The average molecular weight is 502 g/mol. The van der Waals surface area contributed by atoms with E-state index in [9.17, 15) is 4.79 Å². The number of nitrogens with one attached hydrogen (secondary N) is 1. The van der Waals surface area contributed by atoms with Crippen LogP contribution >= 0.6 is 0 Å². The lowest BCUT2D eigenvalue weighted by atomic mass is 9.78. The van der Waals surface area contributed by atoms with E-state index in [-0.39, 0.29) is 23.6 Å². The van der Waals surface area contributed by atoms with E-state index < -0.39 is 6.09 Å². The van der Waals surface area contributed by atoms with Crippen molar-refractivity contribution in [2.24, 2.45) is 0 Å². The lowest BCUT2D eigenvalue weighted by Crippen LogP contribution is -2.48. The molecule has 1 amide bonds. The Morgan fingerprint density at radius 3 is 2.24 bits per heavy atom. The summed E-state index contributed by atoms with van der Waals surface area (Å²) in [5.41, 5.74) is 2.52. The molecule has 190 valence electrons. The Morgan fingerprint density at radius 2 is 1.65 bits per heavy atom. The molecule has 0 saturated heterocycles. The molecule has 0 spiro atoms. The van der Waals surface area contributed by atoms with Gasteiger partial charge in [-0.2, -0.15) is 9.97 Å². The predicted octanol–water partition coefficient (Wildman–Crippen LogP) is 5.13. The Labute approximate surface area is 213 Å². The molecule has 5 rings (SSSR count). The van der Waals surface area contributed by atoms with Crippen LogP contribution in [-0.4, -0.2) is 43.5 Å². The molecule has 2 N–H and O–H groups in total. The van der Waals surface area contributed by atoms with Crippen molar-refractivity contribution in [3.63, 3.8) is 0 Å². The topological polar surface area (TPSA) is 132 Å². The molecular weight excluding hydrogens is 474 g/mol. The highest BCUT2D eigenvalue weighted by atomic mass is 16.5. The monoisotopic (exact) mass is 501 g/mol. The van der Waals surface area contributed by atoms with Crippen molar-refractivity contribution in [3.05, 3.63) is 77.8 Å². The second-order valence-electron chi connectivity index (χ2n) is 9.49. The molecule has 1 fully saturated rings. The zero-order chi connectivity index (χ0) is 26.0. The summed E-state index contributed by atoms with van der Waals surface area (Å²) in [5, 5.41) is 15.1. The van der Waals surface area contributed by atoms with Crippen LogP contribution in [0.5, 0.6) is 17.5 Å². The van der Waals surface area contributed by atoms with Crippen molar-refractivity contribution in [3.8, 4) is 29.0 Å². The Balaban J connectivity index is 1.21. The third-order valence-corrected chi connectivity index (χ3v) is 6.48. The Morgan fingerprint density at radius 1 is 1.00 bits per heavy atom. The molecule has 10 heteroatoms. The highest BCUT2D eigenvalue weighted by molar-refractivity contribution is 5.65. The van der Waals surface area contributed by atoms with E-state index in [0.717, 1.165) is 16.9 Å². The van der Waals surface area contributed by atoms with E-state index in [1.807, 2.05) is 36.4 Å². The lowest BCUT2D eigenvalue weighted by Gasteiger charge is -2.35. The van der Waals surface area contributed by atoms with Crippen LogP contribution in [0.3, 0.4) is 0 Å². The number of ether oxygens (including phenoxy) is 2. The lowest BCUT2D eigenvalue weighted by molar-refractivity contribution is 0.0833. The van der Waals surface area contributed by atoms with Crippen LogP contribution < -0.4 is 14.8 Å². The number of aromatic nitrogens is 4. The van der Waals surface area contributed by atoms with Crippen LogP contribution in [0.2, 0.25) is 0 Å². The van der Waals surface area contributed by atoms with Crippen molar-refractivity contribution < 1.29 is 23.9 Å². The molecule has 0 radical (unpaired) electrons. The fourth-order valence-corrected chi connectivity index (χ4v) is 4.23. The van der Waals surface area contributed by atoms with E-state index in [0.29, 0.717) is 36.0 Å². The number of aryl methyl sites for hydroxylation is 1. The number of rotatable bonds is 8. The van der Waals surface area contributed by atoms with Gasteiger partial charge in [0.2, 0.25) is 11.7 Å². The summed E-state index contributed by atoms with van der Waals surface area (Å²) < 4.78 is 16.8. The van der Waals surface area contributed by atoms with Gasteiger partial charge in [-0.15, -0.1) is 0 Å². The van der Waals surface area contributed by atoms with Crippen LogP contribution in [0.4, 0.5) is 4.79 Å². The first-order chi connectivity index (χ1) is 17.8. The summed E-state index contributed by atoms with van der Waals surface area (Å²) >= 11 is 0. The molecular formula is C27H27N5O5. The minimum atomic E-state index is -0.993. The average Bonchev–Trinajstić information content (AvgIpc) is 3.30. The van der Waals surface area contributed by atoms with Crippen LogP contribution in [-0.2, 0) is 5.41 Å². The van der Waals surface area contributed by atoms with Crippen molar-refractivity contribution in [1.29, 1.82) is 0 Å². The van der Waals surface area contributed by atoms with Crippen molar-refractivity contribution in [2.45, 2.75) is 51.2 Å². The largest absolute Gasteiger partial charge is 0.490 e. The number of amides is 1. The van der Waals surface area contributed by atoms with Gasteiger partial charge < -0.3 is 24.4 Å². The van der Waals surface area contributed by atoms with Crippen LogP contribution in [0.1, 0.15) is 43.7 Å². The zero-order valence-electron chi connectivity index (χ0n) is 20.7. The van der Waals surface area contributed by atoms with E-state index in [4.69, 9.17) is 19.1 Å². The van der Waals surface area contributed by atoms with Gasteiger partial charge in [0.1, 0.15) is 23.3 Å². The third-order valence-electron chi connectivity index (χ3n) is 6.48. The number of carboxylic acid groups (broad SMARTS) is 1. The summed E-state index contributed by atoms with van der Waals surface area (Å²) in [7, 11) is 0. The van der Waals surface area contributed by atoms with Gasteiger partial charge in [0.25, 0.3) is 0 Å². The second-order valence-corrected chi connectivity index (χ2v) is 9.49. The quantitative estimate of drug-likeness (QED) is 0.337. The normalized spacial score (nSPS) is 17.1. The van der Waals surface area contributed by atoms with Crippen LogP contribution in [0.15, 0.2) is 65.3 Å². The molecule has 2 aromatic heterocycles. The van der Waals surface area contributed by atoms with E-state index in [2.05, 4.69) is 51.4 Å². The maximum Gasteiger partial charge on any atom is 0.404 e. The SMILES string of the molecule is Cc1nc(-c2ccnc(Oc3ccc(C(C)(C)c4ccc(OC5CC(NC(=O)O)C5)cc4)cc3)n2)no1. The van der Waals surface area contributed by atoms with Crippen molar-refractivity contribution in [1.82, 2.24) is 25.4 Å². The molecule has 0 bridgehead atoms. The van der Waals surface area contributed by atoms with Gasteiger partial charge >= 0.3 is 12.1 Å². The number of benzene rings is 2.